The number of benzene rings is 1. The summed E-state index contributed by atoms with van der Waals surface area (Å²) in [4.78, 5) is 24.7. The Morgan fingerprint density at radius 1 is 1.28 bits per heavy atom. The number of thiazole rings is 1. The Labute approximate surface area is 152 Å². The van der Waals surface area contributed by atoms with Crippen LogP contribution in [0.3, 0.4) is 0 Å². The summed E-state index contributed by atoms with van der Waals surface area (Å²) >= 11 is 2.91. The number of hydrogen-bond acceptors (Lipinski definition) is 8. The van der Waals surface area contributed by atoms with Gasteiger partial charge in [-0.05, 0) is 24.6 Å². The highest BCUT2D eigenvalue weighted by Crippen LogP contribution is 2.38. The van der Waals surface area contributed by atoms with Crippen molar-refractivity contribution in [3.8, 4) is 5.75 Å². The third kappa shape index (κ3) is 4.06. The van der Waals surface area contributed by atoms with Crippen LogP contribution in [-0.4, -0.2) is 33.1 Å². The number of aryl methyl sites for hydroxylation is 1. The summed E-state index contributed by atoms with van der Waals surface area (Å²) in [5.41, 5.74) is 1.07. The van der Waals surface area contributed by atoms with Gasteiger partial charge in [0.25, 0.3) is 0 Å². The Morgan fingerprint density at radius 3 is 2.80 bits per heavy atom. The number of ether oxygens (including phenoxy) is 1. The van der Waals surface area contributed by atoms with Gasteiger partial charge in [-0.1, -0.05) is 23.1 Å². The fraction of sp³-hybridized carbons (Fsp3) is 0.125. The smallest absolute Gasteiger partial charge is 0.339 e. The number of anilines is 2. The first-order valence-corrected chi connectivity index (χ1v) is 8.78. The number of aromatic carboxylic acids is 1. The minimum absolute atomic E-state index is 0.137. The van der Waals surface area contributed by atoms with E-state index in [-0.39, 0.29) is 5.56 Å². The van der Waals surface area contributed by atoms with Crippen molar-refractivity contribution in [3.63, 3.8) is 0 Å². The lowest BCUT2D eigenvalue weighted by Gasteiger charge is -2.10. The standard InChI is InChI=1S/C16H14N4O3S2/c1-9-5-11(23-2)10(15(21)22)6-12(9)24-14-8-19-16(25-14)20-13-7-17-3-4-18-13/h3-8H,1-2H3,(H,21,22)(H,18,19,20). The molecule has 0 bridgehead atoms. The topological polar surface area (TPSA) is 97.2 Å². The molecule has 0 atom stereocenters. The Kier molecular flexibility index (Phi) is 5.15. The molecule has 9 heteroatoms. The van der Waals surface area contributed by atoms with E-state index >= 15 is 0 Å². The third-order valence-electron chi connectivity index (χ3n) is 3.22. The molecule has 0 spiro atoms. The number of carboxylic acid groups (broad SMARTS) is 1. The summed E-state index contributed by atoms with van der Waals surface area (Å²) in [5.74, 6) is -0.0566. The SMILES string of the molecule is COc1cc(C)c(Sc2cnc(Nc3cnccn3)s2)cc1C(=O)O. The molecule has 2 aromatic heterocycles. The average molecular weight is 374 g/mol. The lowest BCUT2D eigenvalue weighted by molar-refractivity contribution is 0.0693. The predicted molar refractivity (Wildman–Crippen MR) is 96.2 cm³/mol. The van der Waals surface area contributed by atoms with Crippen LogP contribution in [0.25, 0.3) is 0 Å². The van der Waals surface area contributed by atoms with Gasteiger partial charge in [0.15, 0.2) is 10.9 Å². The van der Waals surface area contributed by atoms with E-state index in [2.05, 4.69) is 20.3 Å². The summed E-state index contributed by atoms with van der Waals surface area (Å²) < 4.78 is 6.07. The second kappa shape index (κ2) is 7.49. The zero-order valence-corrected chi connectivity index (χ0v) is 15.0. The van der Waals surface area contributed by atoms with E-state index in [0.29, 0.717) is 16.7 Å². The molecule has 0 amide bonds. The Morgan fingerprint density at radius 2 is 2.12 bits per heavy atom. The molecule has 7 nitrogen and oxygen atoms in total. The van der Waals surface area contributed by atoms with Crippen LogP contribution in [0.5, 0.6) is 5.75 Å². The van der Waals surface area contributed by atoms with E-state index in [0.717, 1.165) is 14.7 Å². The molecule has 0 aliphatic heterocycles. The number of methoxy groups -OCH3 is 1. The van der Waals surface area contributed by atoms with Crippen molar-refractivity contribution in [2.75, 3.05) is 12.4 Å². The van der Waals surface area contributed by atoms with Crippen LogP contribution in [0, 0.1) is 6.92 Å². The number of nitrogens with zero attached hydrogens (tertiary/aromatic N) is 3. The first-order valence-electron chi connectivity index (χ1n) is 7.15. The third-order valence-corrected chi connectivity index (χ3v) is 5.39. The van der Waals surface area contributed by atoms with Gasteiger partial charge in [-0.3, -0.25) is 4.98 Å². The minimum atomic E-state index is -1.02. The van der Waals surface area contributed by atoms with E-state index in [4.69, 9.17) is 4.74 Å². The zero-order valence-electron chi connectivity index (χ0n) is 13.4. The first-order chi connectivity index (χ1) is 12.1. The van der Waals surface area contributed by atoms with E-state index in [1.54, 1.807) is 36.9 Å². The van der Waals surface area contributed by atoms with Gasteiger partial charge >= 0.3 is 5.97 Å². The van der Waals surface area contributed by atoms with Crippen molar-refractivity contribution in [2.24, 2.45) is 0 Å². The highest BCUT2D eigenvalue weighted by Gasteiger charge is 2.15. The van der Waals surface area contributed by atoms with Gasteiger partial charge < -0.3 is 15.2 Å². The number of nitrogens with one attached hydrogen (secondary N) is 1. The van der Waals surface area contributed by atoms with E-state index in [1.165, 1.54) is 30.2 Å². The van der Waals surface area contributed by atoms with Gasteiger partial charge in [-0.25, -0.2) is 14.8 Å². The Hall–Kier alpha value is -2.65. The molecule has 0 fully saturated rings. The molecule has 0 radical (unpaired) electrons. The maximum absolute atomic E-state index is 11.4. The fourth-order valence-corrected chi connectivity index (χ4v) is 4.00. The van der Waals surface area contributed by atoms with Crippen LogP contribution >= 0.6 is 23.1 Å². The van der Waals surface area contributed by atoms with E-state index in [9.17, 15) is 9.90 Å². The summed E-state index contributed by atoms with van der Waals surface area (Å²) in [7, 11) is 1.46. The van der Waals surface area contributed by atoms with Gasteiger partial charge in [0, 0.05) is 17.3 Å². The molecule has 128 valence electrons. The Bertz CT molecular complexity index is 900. The van der Waals surface area contributed by atoms with Gasteiger partial charge in [-0.15, -0.1) is 0 Å². The minimum Gasteiger partial charge on any atom is -0.496 e. The largest absolute Gasteiger partial charge is 0.496 e. The van der Waals surface area contributed by atoms with Crippen LogP contribution < -0.4 is 10.1 Å². The van der Waals surface area contributed by atoms with Crippen molar-refractivity contribution in [2.45, 2.75) is 16.0 Å². The maximum Gasteiger partial charge on any atom is 0.339 e. The molecule has 3 aromatic rings. The van der Waals surface area contributed by atoms with Crippen molar-refractivity contribution < 1.29 is 14.6 Å². The van der Waals surface area contributed by atoms with Gasteiger partial charge in [-0.2, -0.15) is 0 Å². The van der Waals surface area contributed by atoms with Gasteiger partial charge in [0.1, 0.15) is 11.3 Å². The molecule has 0 aliphatic carbocycles. The molecule has 0 unspecified atom stereocenters. The zero-order chi connectivity index (χ0) is 17.8. The molecular formula is C16H14N4O3S2. The fourth-order valence-electron chi connectivity index (χ4n) is 2.05. The first kappa shape index (κ1) is 17.2. The van der Waals surface area contributed by atoms with Crippen LogP contribution in [0.15, 0.2) is 46.0 Å². The monoisotopic (exact) mass is 374 g/mol. The average Bonchev–Trinajstić information content (AvgIpc) is 3.04. The second-order valence-electron chi connectivity index (χ2n) is 4.93. The summed E-state index contributed by atoms with van der Waals surface area (Å²) in [6, 6.07) is 3.35. The van der Waals surface area contributed by atoms with Gasteiger partial charge in [0.05, 0.1) is 23.7 Å². The number of hydrogen-bond donors (Lipinski definition) is 2. The van der Waals surface area contributed by atoms with E-state index < -0.39 is 5.97 Å². The highest BCUT2D eigenvalue weighted by atomic mass is 32.2. The van der Waals surface area contributed by atoms with Crippen LogP contribution in [-0.2, 0) is 0 Å². The van der Waals surface area contributed by atoms with Crippen LogP contribution in [0.2, 0.25) is 0 Å². The van der Waals surface area contributed by atoms with E-state index in [1.807, 2.05) is 6.92 Å². The van der Waals surface area contributed by atoms with Gasteiger partial charge in [0.2, 0.25) is 0 Å². The van der Waals surface area contributed by atoms with Crippen molar-refractivity contribution in [1.29, 1.82) is 0 Å². The number of rotatable bonds is 6. The lowest BCUT2D eigenvalue weighted by atomic mass is 10.1. The Balaban J connectivity index is 1.81. The van der Waals surface area contributed by atoms with Crippen LogP contribution in [0.4, 0.5) is 10.9 Å². The second-order valence-corrected chi connectivity index (χ2v) is 7.30. The molecule has 3 rings (SSSR count). The molecule has 2 heterocycles. The summed E-state index contributed by atoms with van der Waals surface area (Å²) in [5, 5.41) is 13.1. The summed E-state index contributed by atoms with van der Waals surface area (Å²) in [6.45, 7) is 1.91. The quantitative estimate of drug-likeness (QED) is 0.672. The lowest BCUT2D eigenvalue weighted by Crippen LogP contribution is -2.01. The molecule has 1 aromatic carbocycles. The van der Waals surface area contributed by atoms with Crippen molar-refractivity contribution in [3.05, 3.63) is 48.0 Å². The molecule has 0 saturated heterocycles. The predicted octanol–water partition coefficient (Wildman–Crippen LogP) is 3.84. The van der Waals surface area contributed by atoms with Crippen LogP contribution in [0.1, 0.15) is 15.9 Å². The normalized spacial score (nSPS) is 10.5. The summed E-state index contributed by atoms with van der Waals surface area (Å²) in [6.07, 6.45) is 6.54. The number of carbonyl (C=O) groups is 1. The molecule has 25 heavy (non-hydrogen) atoms. The van der Waals surface area contributed by atoms with Crippen molar-refractivity contribution in [1.82, 2.24) is 15.0 Å². The molecule has 0 saturated carbocycles. The number of carboxylic acids is 1. The highest BCUT2D eigenvalue weighted by molar-refractivity contribution is 8.01. The van der Waals surface area contributed by atoms with Crippen molar-refractivity contribution >= 4 is 40.0 Å². The molecular weight excluding hydrogens is 360 g/mol. The number of aromatic nitrogens is 3. The molecule has 2 N–H and O–H groups in total. The maximum atomic E-state index is 11.4. The molecule has 0 aliphatic rings.